The Labute approximate surface area is 102 Å². The van der Waals surface area contributed by atoms with Crippen molar-refractivity contribution >= 4 is 11.9 Å². The van der Waals surface area contributed by atoms with Crippen molar-refractivity contribution in [2.45, 2.75) is 32.7 Å². The molecule has 0 radical (unpaired) electrons. The zero-order chi connectivity index (χ0) is 13.0. The molecular weight excluding hydrogens is 220 g/mol. The van der Waals surface area contributed by atoms with Crippen molar-refractivity contribution in [2.75, 3.05) is 20.1 Å². The lowest BCUT2D eigenvalue weighted by molar-refractivity contribution is -0.146. The van der Waals surface area contributed by atoms with Crippen molar-refractivity contribution in [3.63, 3.8) is 0 Å². The molecule has 0 aliphatic carbocycles. The van der Waals surface area contributed by atoms with E-state index in [0.29, 0.717) is 13.1 Å². The summed E-state index contributed by atoms with van der Waals surface area (Å²) in [6.45, 7) is 5.22. The number of piperidine rings is 1. The van der Waals surface area contributed by atoms with E-state index in [9.17, 15) is 14.7 Å². The van der Waals surface area contributed by atoms with Crippen LogP contribution in [0.4, 0.5) is 0 Å². The van der Waals surface area contributed by atoms with E-state index in [1.807, 2.05) is 18.7 Å². The van der Waals surface area contributed by atoms with Crippen LogP contribution in [0.3, 0.4) is 0 Å². The summed E-state index contributed by atoms with van der Waals surface area (Å²) in [6, 6.07) is -0.430. The molecule has 1 rings (SSSR count). The molecule has 17 heavy (non-hydrogen) atoms. The third-order valence-electron chi connectivity index (χ3n) is 3.42. The Morgan fingerprint density at radius 2 is 1.82 bits per heavy atom. The maximum Gasteiger partial charge on any atom is 0.321 e. The number of carbonyl (C=O) groups excluding carboxylic acids is 1. The Morgan fingerprint density at radius 1 is 1.29 bits per heavy atom. The topological polar surface area (TPSA) is 69.6 Å². The Hall–Kier alpha value is -1.10. The van der Waals surface area contributed by atoms with Gasteiger partial charge in [0.05, 0.1) is 0 Å². The molecule has 1 unspecified atom stereocenters. The molecule has 0 aromatic rings. The summed E-state index contributed by atoms with van der Waals surface area (Å²) in [4.78, 5) is 24.6. The fraction of sp³-hybridized carbons (Fsp3) is 0.833. The van der Waals surface area contributed by atoms with Gasteiger partial charge < -0.3 is 10.4 Å². The summed E-state index contributed by atoms with van der Waals surface area (Å²) < 4.78 is 0. The molecule has 2 N–H and O–H groups in total. The molecule has 0 aromatic carbocycles. The van der Waals surface area contributed by atoms with E-state index in [-0.39, 0.29) is 17.7 Å². The van der Waals surface area contributed by atoms with Gasteiger partial charge in [0.15, 0.2) is 0 Å². The molecule has 5 heteroatoms. The van der Waals surface area contributed by atoms with Crippen LogP contribution in [-0.2, 0) is 9.59 Å². The largest absolute Gasteiger partial charge is 0.480 e. The molecule has 0 saturated carbocycles. The second kappa shape index (κ2) is 6.00. The van der Waals surface area contributed by atoms with E-state index < -0.39 is 12.0 Å². The smallest absolute Gasteiger partial charge is 0.321 e. The van der Waals surface area contributed by atoms with Gasteiger partial charge in [0.2, 0.25) is 5.91 Å². The van der Waals surface area contributed by atoms with E-state index >= 15 is 0 Å². The highest BCUT2D eigenvalue weighted by atomic mass is 16.4. The van der Waals surface area contributed by atoms with Crippen LogP contribution >= 0.6 is 0 Å². The minimum absolute atomic E-state index is 0.0397. The van der Waals surface area contributed by atoms with Gasteiger partial charge in [-0.05, 0) is 31.8 Å². The number of likely N-dealkylation sites (tertiary alicyclic amines) is 1. The molecule has 0 bridgehead atoms. The zero-order valence-corrected chi connectivity index (χ0v) is 10.8. The Kier molecular flexibility index (Phi) is 4.93. The fourth-order valence-electron chi connectivity index (χ4n) is 2.51. The van der Waals surface area contributed by atoms with Crippen LogP contribution in [0, 0.1) is 11.8 Å². The molecule has 1 saturated heterocycles. The second-order valence-corrected chi connectivity index (χ2v) is 4.95. The fourth-order valence-corrected chi connectivity index (χ4v) is 2.51. The Bertz CT molecular complexity index is 283. The SMILES string of the molecule is CNC(=O)C1CCN(C(C(=O)O)C(C)C)CC1. The number of carboxylic acids is 1. The van der Waals surface area contributed by atoms with Gasteiger partial charge in [-0.3, -0.25) is 14.5 Å². The molecule has 1 amide bonds. The molecule has 1 heterocycles. The monoisotopic (exact) mass is 242 g/mol. The van der Waals surface area contributed by atoms with Crippen molar-refractivity contribution < 1.29 is 14.7 Å². The Morgan fingerprint density at radius 3 is 2.18 bits per heavy atom. The van der Waals surface area contributed by atoms with Gasteiger partial charge in [-0.15, -0.1) is 0 Å². The maximum absolute atomic E-state index is 11.5. The van der Waals surface area contributed by atoms with Crippen LogP contribution in [0.2, 0.25) is 0 Å². The van der Waals surface area contributed by atoms with Gasteiger partial charge in [0, 0.05) is 13.0 Å². The van der Waals surface area contributed by atoms with Gasteiger partial charge in [-0.25, -0.2) is 0 Å². The number of rotatable bonds is 4. The normalized spacial score (nSPS) is 20.2. The summed E-state index contributed by atoms with van der Waals surface area (Å²) in [7, 11) is 1.64. The third kappa shape index (κ3) is 3.43. The number of nitrogens with one attached hydrogen (secondary N) is 1. The van der Waals surface area contributed by atoms with Gasteiger partial charge in [-0.1, -0.05) is 13.8 Å². The first-order valence-electron chi connectivity index (χ1n) is 6.15. The van der Waals surface area contributed by atoms with Gasteiger partial charge in [0.1, 0.15) is 6.04 Å². The number of hydrogen-bond acceptors (Lipinski definition) is 3. The molecule has 0 spiro atoms. The van der Waals surface area contributed by atoms with E-state index in [4.69, 9.17) is 0 Å². The molecule has 98 valence electrons. The second-order valence-electron chi connectivity index (χ2n) is 4.95. The minimum atomic E-state index is -0.765. The summed E-state index contributed by atoms with van der Waals surface area (Å²) >= 11 is 0. The first-order valence-corrected chi connectivity index (χ1v) is 6.15. The van der Waals surface area contributed by atoms with Crippen LogP contribution in [0.1, 0.15) is 26.7 Å². The van der Waals surface area contributed by atoms with Crippen LogP contribution in [0.15, 0.2) is 0 Å². The van der Waals surface area contributed by atoms with Gasteiger partial charge in [0.25, 0.3) is 0 Å². The first-order chi connectivity index (χ1) is 7.97. The number of carbonyl (C=O) groups is 2. The molecule has 5 nitrogen and oxygen atoms in total. The van der Waals surface area contributed by atoms with Crippen LogP contribution in [0.25, 0.3) is 0 Å². The number of nitrogens with zero attached hydrogens (tertiary/aromatic N) is 1. The van der Waals surface area contributed by atoms with Crippen molar-refractivity contribution in [3.05, 3.63) is 0 Å². The predicted molar refractivity (Wildman–Crippen MR) is 64.6 cm³/mol. The highest BCUT2D eigenvalue weighted by Crippen LogP contribution is 2.22. The third-order valence-corrected chi connectivity index (χ3v) is 3.42. The molecule has 1 aliphatic rings. The summed E-state index contributed by atoms with van der Waals surface area (Å²) in [5.41, 5.74) is 0. The molecule has 1 fully saturated rings. The van der Waals surface area contributed by atoms with Crippen LogP contribution in [0.5, 0.6) is 0 Å². The summed E-state index contributed by atoms with van der Waals surface area (Å²) in [5.74, 6) is -0.568. The van der Waals surface area contributed by atoms with E-state index in [2.05, 4.69) is 5.32 Å². The van der Waals surface area contributed by atoms with Crippen molar-refractivity contribution in [1.29, 1.82) is 0 Å². The lowest BCUT2D eigenvalue weighted by Crippen LogP contribution is -2.49. The molecular formula is C12H22N2O3. The quantitative estimate of drug-likeness (QED) is 0.755. The average Bonchev–Trinajstić information content (AvgIpc) is 2.28. The Balaban J connectivity index is 2.56. The predicted octanol–water partition coefficient (Wildman–Crippen LogP) is 0.554. The van der Waals surface area contributed by atoms with E-state index in [1.54, 1.807) is 7.05 Å². The standard InChI is InChI=1S/C12H22N2O3/c1-8(2)10(12(16)17)14-6-4-9(5-7-14)11(15)13-3/h8-10H,4-7H2,1-3H3,(H,13,15)(H,16,17). The van der Waals surface area contributed by atoms with Crippen LogP contribution in [-0.4, -0.2) is 48.1 Å². The highest BCUT2D eigenvalue weighted by molar-refractivity contribution is 5.78. The lowest BCUT2D eigenvalue weighted by atomic mass is 9.92. The number of amides is 1. The highest BCUT2D eigenvalue weighted by Gasteiger charge is 2.33. The maximum atomic E-state index is 11.5. The van der Waals surface area contributed by atoms with Gasteiger partial charge >= 0.3 is 5.97 Å². The average molecular weight is 242 g/mol. The van der Waals surface area contributed by atoms with Crippen molar-refractivity contribution in [3.8, 4) is 0 Å². The molecule has 1 aliphatic heterocycles. The van der Waals surface area contributed by atoms with E-state index in [1.165, 1.54) is 0 Å². The molecule has 0 aromatic heterocycles. The van der Waals surface area contributed by atoms with Gasteiger partial charge in [-0.2, -0.15) is 0 Å². The summed E-state index contributed by atoms with van der Waals surface area (Å²) in [6.07, 6.45) is 1.49. The van der Waals surface area contributed by atoms with Crippen LogP contribution < -0.4 is 5.32 Å². The number of aliphatic carboxylic acids is 1. The number of hydrogen-bond donors (Lipinski definition) is 2. The first kappa shape index (κ1) is 14.0. The minimum Gasteiger partial charge on any atom is -0.480 e. The summed E-state index contributed by atoms with van der Waals surface area (Å²) in [5, 5.41) is 11.8. The number of carboxylic acid groups (broad SMARTS) is 1. The molecule has 1 atom stereocenters. The van der Waals surface area contributed by atoms with Crippen molar-refractivity contribution in [2.24, 2.45) is 11.8 Å². The lowest BCUT2D eigenvalue weighted by Gasteiger charge is -2.36. The van der Waals surface area contributed by atoms with Crippen molar-refractivity contribution in [1.82, 2.24) is 10.2 Å². The zero-order valence-electron chi connectivity index (χ0n) is 10.8. The van der Waals surface area contributed by atoms with E-state index in [0.717, 1.165) is 12.8 Å².